The van der Waals surface area contributed by atoms with Gasteiger partial charge in [0.15, 0.2) is 0 Å². The van der Waals surface area contributed by atoms with Crippen LogP contribution in [0.5, 0.6) is 0 Å². The molecule has 1 atom stereocenters. The lowest BCUT2D eigenvalue weighted by Crippen LogP contribution is -2.35. The van der Waals surface area contributed by atoms with E-state index in [2.05, 4.69) is 11.8 Å². The van der Waals surface area contributed by atoms with Crippen molar-refractivity contribution in [2.45, 2.75) is 46.5 Å². The smallest absolute Gasteiger partial charge is 0.000977 e. The summed E-state index contributed by atoms with van der Waals surface area (Å²) in [4.78, 5) is 2.67. The van der Waals surface area contributed by atoms with E-state index in [1.165, 1.54) is 45.3 Å². The van der Waals surface area contributed by atoms with E-state index in [1.807, 2.05) is 50.2 Å². The van der Waals surface area contributed by atoms with Crippen LogP contribution in [0.1, 0.15) is 46.5 Å². The molecule has 1 saturated heterocycles. The largest absolute Gasteiger partial charge is 0.303 e. The van der Waals surface area contributed by atoms with Gasteiger partial charge >= 0.3 is 0 Å². The molecule has 1 aromatic rings. The van der Waals surface area contributed by atoms with E-state index in [9.17, 15) is 0 Å². The normalized spacial score (nSPS) is 22.6. The molecule has 0 radical (unpaired) electrons. The Morgan fingerprint density at radius 1 is 0.895 bits per heavy atom. The summed E-state index contributed by atoms with van der Waals surface area (Å²) >= 11 is 0. The van der Waals surface area contributed by atoms with E-state index in [4.69, 9.17) is 0 Å². The first-order valence-corrected chi connectivity index (χ1v) is 8.07. The van der Waals surface area contributed by atoms with Gasteiger partial charge in [-0.1, -0.05) is 57.2 Å². The lowest BCUT2D eigenvalue weighted by molar-refractivity contribution is 0.177. The Kier molecular flexibility index (Phi) is 8.57. The molecule has 108 valence electrons. The third-order valence-corrected chi connectivity index (χ3v) is 3.62. The van der Waals surface area contributed by atoms with Gasteiger partial charge in [-0.25, -0.2) is 0 Å². The van der Waals surface area contributed by atoms with Gasteiger partial charge in [0.1, 0.15) is 0 Å². The molecule has 19 heavy (non-hydrogen) atoms. The molecule has 0 N–H and O–H groups in total. The van der Waals surface area contributed by atoms with Crippen molar-refractivity contribution in [2.24, 2.45) is 11.8 Å². The standard InChI is InChI=1S/C10H19N.C6H6.C2H6/c1-9-3-2-6-11(7-9)8-10-4-5-10;1-2-4-6-5-3-1;1-2/h9-10H,2-8H2,1H3;1-6H;1-2H3. The molecule has 0 amide bonds. The summed E-state index contributed by atoms with van der Waals surface area (Å²) in [6, 6.07) is 12.0. The van der Waals surface area contributed by atoms with Crippen molar-refractivity contribution in [1.29, 1.82) is 0 Å². The van der Waals surface area contributed by atoms with Gasteiger partial charge in [0.2, 0.25) is 0 Å². The predicted octanol–water partition coefficient (Wildman–Crippen LogP) is 4.84. The third-order valence-electron chi connectivity index (χ3n) is 3.62. The molecule has 1 aliphatic carbocycles. The first-order chi connectivity index (χ1) is 9.34. The van der Waals surface area contributed by atoms with Gasteiger partial charge in [0.05, 0.1) is 0 Å². The van der Waals surface area contributed by atoms with Crippen LogP contribution in [0.3, 0.4) is 0 Å². The third kappa shape index (κ3) is 8.05. The van der Waals surface area contributed by atoms with Crippen LogP contribution in [0.25, 0.3) is 0 Å². The molecule has 0 aromatic heterocycles. The summed E-state index contributed by atoms with van der Waals surface area (Å²) in [5.41, 5.74) is 0. The fourth-order valence-electron chi connectivity index (χ4n) is 2.50. The molecule has 1 unspecified atom stereocenters. The zero-order valence-electron chi connectivity index (χ0n) is 13.0. The van der Waals surface area contributed by atoms with Gasteiger partial charge in [0.25, 0.3) is 0 Å². The topological polar surface area (TPSA) is 3.24 Å². The maximum atomic E-state index is 2.67. The second kappa shape index (κ2) is 10.0. The lowest BCUT2D eigenvalue weighted by Gasteiger charge is -2.30. The fourth-order valence-corrected chi connectivity index (χ4v) is 2.50. The van der Waals surface area contributed by atoms with Crippen LogP contribution in [-0.4, -0.2) is 24.5 Å². The van der Waals surface area contributed by atoms with Crippen LogP contribution in [0.4, 0.5) is 0 Å². The molecule has 1 aliphatic heterocycles. The Bertz CT molecular complexity index is 263. The van der Waals surface area contributed by atoms with Crippen LogP contribution in [0.15, 0.2) is 36.4 Å². The Morgan fingerprint density at radius 3 is 1.84 bits per heavy atom. The van der Waals surface area contributed by atoms with E-state index in [0.29, 0.717) is 0 Å². The van der Waals surface area contributed by atoms with Gasteiger partial charge in [-0.2, -0.15) is 0 Å². The highest BCUT2D eigenvalue weighted by Gasteiger charge is 2.26. The lowest BCUT2D eigenvalue weighted by atomic mass is 10.0. The van der Waals surface area contributed by atoms with Crippen molar-refractivity contribution in [3.63, 3.8) is 0 Å². The average molecular weight is 261 g/mol. The minimum Gasteiger partial charge on any atom is -0.303 e. The molecule has 1 nitrogen and oxygen atoms in total. The van der Waals surface area contributed by atoms with Gasteiger partial charge in [-0.3, -0.25) is 0 Å². The predicted molar refractivity (Wildman–Crippen MR) is 85.4 cm³/mol. The molecule has 2 fully saturated rings. The highest BCUT2D eigenvalue weighted by atomic mass is 15.1. The van der Waals surface area contributed by atoms with E-state index < -0.39 is 0 Å². The van der Waals surface area contributed by atoms with Gasteiger partial charge in [0, 0.05) is 13.1 Å². The molecule has 0 bridgehead atoms. The molecular weight excluding hydrogens is 230 g/mol. The molecular formula is C18H31N. The summed E-state index contributed by atoms with van der Waals surface area (Å²) in [7, 11) is 0. The summed E-state index contributed by atoms with van der Waals surface area (Å²) in [6.45, 7) is 10.5. The SMILES string of the molecule is CC.CC1CCCN(CC2CC2)C1.c1ccccc1. The van der Waals surface area contributed by atoms with Crippen LogP contribution < -0.4 is 0 Å². The van der Waals surface area contributed by atoms with Crippen molar-refractivity contribution in [3.05, 3.63) is 36.4 Å². The highest BCUT2D eigenvalue weighted by molar-refractivity contribution is 4.99. The number of piperidine rings is 1. The highest BCUT2D eigenvalue weighted by Crippen LogP contribution is 2.31. The number of likely N-dealkylation sites (tertiary alicyclic amines) is 1. The molecule has 3 rings (SSSR count). The van der Waals surface area contributed by atoms with Crippen LogP contribution in [-0.2, 0) is 0 Å². The quantitative estimate of drug-likeness (QED) is 0.736. The Hall–Kier alpha value is -0.820. The monoisotopic (exact) mass is 261 g/mol. The van der Waals surface area contributed by atoms with Gasteiger partial charge < -0.3 is 4.90 Å². The van der Waals surface area contributed by atoms with E-state index in [-0.39, 0.29) is 0 Å². The minimum atomic E-state index is 0.961. The molecule has 1 aromatic carbocycles. The zero-order valence-corrected chi connectivity index (χ0v) is 13.0. The number of hydrogen-bond acceptors (Lipinski definition) is 1. The van der Waals surface area contributed by atoms with E-state index in [0.717, 1.165) is 11.8 Å². The van der Waals surface area contributed by atoms with Crippen molar-refractivity contribution in [1.82, 2.24) is 4.90 Å². The maximum absolute atomic E-state index is 2.67. The first-order valence-electron chi connectivity index (χ1n) is 8.07. The summed E-state index contributed by atoms with van der Waals surface area (Å²) in [5.74, 6) is 2.04. The summed E-state index contributed by atoms with van der Waals surface area (Å²) < 4.78 is 0. The van der Waals surface area contributed by atoms with Crippen molar-refractivity contribution in [2.75, 3.05) is 19.6 Å². The molecule has 1 heteroatoms. The second-order valence-electron chi connectivity index (χ2n) is 5.61. The zero-order chi connectivity index (χ0) is 13.9. The number of hydrogen-bond donors (Lipinski definition) is 0. The Labute approximate surface area is 120 Å². The van der Waals surface area contributed by atoms with Crippen molar-refractivity contribution >= 4 is 0 Å². The van der Waals surface area contributed by atoms with E-state index in [1.54, 1.807) is 0 Å². The summed E-state index contributed by atoms with van der Waals surface area (Å²) in [5, 5.41) is 0. The van der Waals surface area contributed by atoms with Crippen LogP contribution >= 0.6 is 0 Å². The number of rotatable bonds is 2. The number of benzene rings is 1. The number of nitrogens with zero attached hydrogens (tertiary/aromatic N) is 1. The summed E-state index contributed by atoms with van der Waals surface area (Å²) in [6.07, 6.45) is 5.91. The molecule has 1 heterocycles. The van der Waals surface area contributed by atoms with Gasteiger partial charge in [-0.15, -0.1) is 0 Å². The second-order valence-corrected chi connectivity index (χ2v) is 5.61. The molecule has 1 saturated carbocycles. The fraction of sp³-hybridized carbons (Fsp3) is 0.667. The Morgan fingerprint density at radius 2 is 1.42 bits per heavy atom. The first kappa shape index (κ1) is 16.2. The van der Waals surface area contributed by atoms with E-state index >= 15 is 0 Å². The van der Waals surface area contributed by atoms with Crippen molar-refractivity contribution < 1.29 is 0 Å². The van der Waals surface area contributed by atoms with Crippen LogP contribution in [0.2, 0.25) is 0 Å². The van der Waals surface area contributed by atoms with Crippen molar-refractivity contribution in [3.8, 4) is 0 Å². The molecule has 2 aliphatic rings. The van der Waals surface area contributed by atoms with Crippen LogP contribution in [0, 0.1) is 11.8 Å². The van der Waals surface area contributed by atoms with Gasteiger partial charge in [-0.05, 0) is 44.1 Å². The Balaban J connectivity index is 0.000000192. The maximum Gasteiger partial charge on any atom is 0.000977 e. The molecule has 0 spiro atoms. The average Bonchev–Trinajstić information content (AvgIpc) is 3.28. The minimum absolute atomic E-state index is 0.961.